The van der Waals surface area contributed by atoms with Gasteiger partial charge < -0.3 is 10.6 Å². The number of aryl methyl sites for hydroxylation is 2. The van der Waals surface area contributed by atoms with Gasteiger partial charge in [-0.2, -0.15) is 0 Å². The number of nitrogens with one attached hydrogen (secondary N) is 2. The summed E-state index contributed by atoms with van der Waals surface area (Å²) >= 11 is 0. The predicted octanol–water partition coefficient (Wildman–Crippen LogP) is 2.63. The average molecular weight is 234 g/mol. The van der Waals surface area contributed by atoms with Crippen LogP contribution in [0.2, 0.25) is 0 Å². The quantitative estimate of drug-likeness (QED) is 0.822. The minimum absolute atomic E-state index is 0.0585. The lowest BCUT2D eigenvalue weighted by Gasteiger charge is -2.09. The maximum atomic E-state index is 11.7. The first kappa shape index (κ1) is 13.7. The Morgan fingerprint density at radius 1 is 1.18 bits per heavy atom. The van der Waals surface area contributed by atoms with E-state index < -0.39 is 0 Å². The smallest absolute Gasteiger partial charge is 0.225 e. The number of amides is 1. The molecule has 3 nitrogen and oxygen atoms in total. The molecule has 0 radical (unpaired) electrons. The molecule has 1 rings (SSSR count). The van der Waals surface area contributed by atoms with Crippen molar-refractivity contribution < 1.29 is 4.79 Å². The van der Waals surface area contributed by atoms with E-state index in [-0.39, 0.29) is 5.91 Å². The molecule has 0 spiro atoms. The highest BCUT2D eigenvalue weighted by molar-refractivity contribution is 5.91. The molecule has 94 valence electrons. The van der Waals surface area contributed by atoms with Gasteiger partial charge in [0.2, 0.25) is 5.91 Å². The fourth-order valence-corrected chi connectivity index (χ4v) is 1.74. The van der Waals surface area contributed by atoms with Crippen molar-refractivity contribution in [1.29, 1.82) is 0 Å². The number of hydrogen-bond acceptors (Lipinski definition) is 2. The van der Waals surface area contributed by atoms with Gasteiger partial charge in [0.05, 0.1) is 0 Å². The zero-order chi connectivity index (χ0) is 12.8. The topological polar surface area (TPSA) is 41.1 Å². The maximum Gasteiger partial charge on any atom is 0.225 e. The third kappa shape index (κ3) is 5.50. The summed E-state index contributed by atoms with van der Waals surface area (Å²) in [6, 6.07) is 6.49. The number of anilines is 1. The molecule has 0 atom stereocenters. The number of carbonyl (C=O) groups excluding carboxylic acids is 1. The van der Waals surface area contributed by atoms with Crippen LogP contribution in [0.1, 0.15) is 31.4 Å². The Balaban J connectivity index is 2.45. The van der Waals surface area contributed by atoms with E-state index in [1.54, 1.807) is 0 Å². The van der Waals surface area contributed by atoms with E-state index >= 15 is 0 Å². The summed E-state index contributed by atoms with van der Waals surface area (Å²) in [5.41, 5.74) is 3.22. The highest BCUT2D eigenvalue weighted by atomic mass is 16.1. The molecule has 0 bridgehead atoms. The van der Waals surface area contributed by atoms with Crippen LogP contribution in [0, 0.1) is 13.8 Å². The molecule has 0 unspecified atom stereocenters. The second-order valence-electron chi connectivity index (χ2n) is 4.78. The van der Waals surface area contributed by atoms with Crippen LogP contribution in [0.3, 0.4) is 0 Å². The van der Waals surface area contributed by atoms with Gasteiger partial charge in [-0.1, -0.05) is 19.9 Å². The molecule has 0 aliphatic rings. The third-order valence-corrected chi connectivity index (χ3v) is 2.41. The summed E-state index contributed by atoms with van der Waals surface area (Å²) in [5, 5.41) is 6.14. The van der Waals surface area contributed by atoms with Gasteiger partial charge in [-0.15, -0.1) is 0 Å². The van der Waals surface area contributed by atoms with Crippen molar-refractivity contribution in [3.8, 4) is 0 Å². The minimum atomic E-state index is 0.0585. The molecular weight excluding hydrogens is 212 g/mol. The maximum absolute atomic E-state index is 11.7. The fourth-order valence-electron chi connectivity index (χ4n) is 1.74. The molecular formula is C14H22N2O. The number of hydrogen-bond donors (Lipinski definition) is 2. The van der Waals surface area contributed by atoms with Gasteiger partial charge >= 0.3 is 0 Å². The molecule has 0 heterocycles. The second kappa shape index (κ2) is 6.40. The summed E-state index contributed by atoms with van der Waals surface area (Å²) in [4.78, 5) is 11.7. The fraction of sp³-hybridized carbons (Fsp3) is 0.500. The van der Waals surface area contributed by atoms with Crippen LogP contribution in [0.5, 0.6) is 0 Å². The van der Waals surface area contributed by atoms with E-state index in [2.05, 4.69) is 30.5 Å². The van der Waals surface area contributed by atoms with E-state index in [1.807, 2.05) is 26.0 Å². The van der Waals surface area contributed by atoms with Crippen LogP contribution in [0.15, 0.2) is 18.2 Å². The van der Waals surface area contributed by atoms with Crippen molar-refractivity contribution in [3.05, 3.63) is 29.3 Å². The van der Waals surface area contributed by atoms with Crippen LogP contribution in [-0.4, -0.2) is 18.5 Å². The molecule has 0 aliphatic carbocycles. The number of rotatable bonds is 5. The normalized spacial score (nSPS) is 10.6. The molecule has 0 aliphatic heterocycles. The molecule has 0 aromatic heterocycles. The monoisotopic (exact) mass is 234 g/mol. The third-order valence-electron chi connectivity index (χ3n) is 2.41. The van der Waals surface area contributed by atoms with Crippen molar-refractivity contribution in [3.63, 3.8) is 0 Å². The van der Waals surface area contributed by atoms with Crippen LogP contribution in [-0.2, 0) is 4.79 Å². The van der Waals surface area contributed by atoms with Crippen molar-refractivity contribution in [1.82, 2.24) is 5.32 Å². The van der Waals surface area contributed by atoms with E-state index in [1.165, 1.54) is 11.1 Å². The van der Waals surface area contributed by atoms with Crippen LogP contribution in [0.4, 0.5) is 5.69 Å². The van der Waals surface area contributed by atoms with Crippen LogP contribution in [0.25, 0.3) is 0 Å². The van der Waals surface area contributed by atoms with Crippen LogP contribution < -0.4 is 10.6 Å². The van der Waals surface area contributed by atoms with Gasteiger partial charge in [0.25, 0.3) is 0 Å². The molecule has 1 amide bonds. The molecule has 17 heavy (non-hydrogen) atoms. The predicted molar refractivity (Wildman–Crippen MR) is 72.3 cm³/mol. The Morgan fingerprint density at radius 2 is 1.76 bits per heavy atom. The average Bonchev–Trinajstić information content (AvgIpc) is 2.14. The van der Waals surface area contributed by atoms with Gasteiger partial charge in [-0.05, 0) is 37.1 Å². The lowest BCUT2D eigenvalue weighted by molar-refractivity contribution is -0.116. The molecule has 1 aromatic rings. The van der Waals surface area contributed by atoms with E-state index in [0.29, 0.717) is 19.0 Å². The number of benzene rings is 1. The minimum Gasteiger partial charge on any atom is -0.326 e. The summed E-state index contributed by atoms with van der Waals surface area (Å²) in [5.74, 6) is 0.0585. The Morgan fingerprint density at radius 3 is 2.29 bits per heavy atom. The molecule has 1 aromatic carbocycles. The summed E-state index contributed by atoms with van der Waals surface area (Å²) in [6.45, 7) is 8.92. The van der Waals surface area contributed by atoms with Crippen molar-refractivity contribution >= 4 is 11.6 Å². The van der Waals surface area contributed by atoms with Gasteiger partial charge in [-0.3, -0.25) is 4.79 Å². The second-order valence-corrected chi connectivity index (χ2v) is 4.78. The highest BCUT2D eigenvalue weighted by Crippen LogP contribution is 2.13. The van der Waals surface area contributed by atoms with Crippen molar-refractivity contribution in [2.24, 2.45) is 0 Å². The lowest BCUT2D eigenvalue weighted by Crippen LogP contribution is -2.27. The van der Waals surface area contributed by atoms with Crippen LogP contribution >= 0.6 is 0 Å². The number of carbonyl (C=O) groups is 1. The van der Waals surface area contributed by atoms with E-state index in [4.69, 9.17) is 0 Å². The first-order valence-electron chi connectivity index (χ1n) is 6.09. The molecule has 2 N–H and O–H groups in total. The van der Waals surface area contributed by atoms with Gasteiger partial charge in [0.1, 0.15) is 0 Å². The molecule has 0 saturated carbocycles. The summed E-state index contributed by atoms with van der Waals surface area (Å²) in [6.07, 6.45) is 0.505. The van der Waals surface area contributed by atoms with Crippen molar-refractivity contribution in [2.45, 2.75) is 40.2 Å². The highest BCUT2D eigenvalue weighted by Gasteiger charge is 2.03. The Labute approximate surface area is 104 Å². The Bertz CT molecular complexity index is 366. The molecule has 0 saturated heterocycles. The van der Waals surface area contributed by atoms with Gasteiger partial charge in [0.15, 0.2) is 0 Å². The lowest BCUT2D eigenvalue weighted by atomic mass is 10.1. The zero-order valence-corrected chi connectivity index (χ0v) is 11.1. The first-order chi connectivity index (χ1) is 7.97. The van der Waals surface area contributed by atoms with Crippen molar-refractivity contribution in [2.75, 3.05) is 11.9 Å². The standard InChI is InChI=1S/C14H22N2O/c1-10(2)15-6-5-14(17)16-13-8-11(3)7-12(4)9-13/h7-10,15H,5-6H2,1-4H3,(H,16,17). The molecule has 0 fully saturated rings. The van der Waals surface area contributed by atoms with E-state index in [0.717, 1.165) is 5.69 Å². The zero-order valence-electron chi connectivity index (χ0n) is 11.1. The Hall–Kier alpha value is -1.35. The summed E-state index contributed by atoms with van der Waals surface area (Å²) in [7, 11) is 0. The largest absolute Gasteiger partial charge is 0.326 e. The first-order valence-corrected chi connectivity index (χ1v) is 6.09. The SMILES string of the molecule is Cc1cc(C)cc(NC(=O)CCNC(C)C)c1. The summed E-state index contributed by atoms with van der Waals surface area (Å²) < 4.78 is 0. The van der Waals surface area contributed by atoms with Gasteiger partial charge in [-0.25, -0.2) is 0 Å². The Kier molecular flexibility index (Phi) is 5.16. The van der Waals surface area contributed by atoms with Gasteiger partial charge in [0, 0.05) is 24.7 Å². The van der Waals surface area contributed by atoms with E-state index in [9.17, 15) is 4.79 Å². The molecule has 3 heteroatoms.